The van der Waals surface area contributed by atoms with E-state index >= 15 is 0 Å². The third-order valence-corrected chi connectivity index (χ3v) is 5.57. The molecular formula is C12H22OS2. The lowest BCUT2D eigenvalue weighted by atomic mass is 10.2. The fraction of sp³-hybridized carbons (Fsp3) is 1.00. The molecule has 0 radical (unpaired) electrons. The summed E-state index contributed by atoms with van der Waals surface area (Å²) in [5.74, 6) is 2.62. The summed E-state index contributed by atoms with van der Waals surface area (Å²) in [6.45, 7) is 0. The third-order valence-electron chi connectivity index (χ3n) is 3.08. The molecule has 0 N–H and O–H groups in total. The molecule has 2 saturated heterocycles. The Morgan fingerprint density at radius 3 is 1.73 bits per heavy atom. The molecule has 15 heavy (non-hydrogen) atoms. The molecule has 0 amide bonds. The predicted octanol–water partition coefficient (Wildman–Crippen LogP) is 4.27. The number of ether oxygens (including phenoxy) is 1. The van der Waals surface area contributed by atoms with Crippen LogP contribution in [0.25, 0.3) is 0 Å². The summed E-state index contributed by atoms with van der Waals surface area (Å²) in [6, 6.07) is 0. The number of thioether (sulfide) groups is 2. The van der Waals surface area contributed by atoms with Crippen LogP contribution >= 0.6 is 23.5 Å². The van der Waals surface area contributed by atoms with E-state index in [2.05, 4.69) is 0 Å². The maximum atomic E-state index is 6.22. The zero-order valence-corrected chi connectivity index (χ0v) is 11.1. The van der Waals surface area contributed by atoms with Crippen molar-refractivity contribution in [3.63, 3.8) is 0 Å². The van der Waals surface area contributed by atoms with Crippen LogP contribution in [0, 0.1) is 0 Å². The molecular weight excluding hydrogens is 224 g/mol. The number of rotatable bonds is 2. The van der Waals surface area contributed by atoms with Crippen molar-refractivity contribution in [3.8, 4) is 0 Å². The van der Waals surface area contributed by atoms with Crippen LogP contribution in [0.4, 0.5) is 0 Å². The minimum Gasteiger partial charge on any atom is -0.354 e. The molecule has 0 aromatic heterocycles. The summed E-state index contributed by atoms with van der Waals surface area (Å²) in [5, 5.41) is 0. The quantitative estimate of drug-likeness (QED) is 0.720. The molecule has 2 rings (SSSR count). The fourth-order valence-electron chi connectivity index (χ4n) is 2.16. The summed E-state index contributed by atoms with van der Waals surface area (Å²) in [4.78, 5) is 0. The lowest BCUT2D eigenvalue weighted by Crippen LogP contribution is -2.16. The van der Waals surface area contributed by atoms with Crippen molar-refractivity contribution < 1.29 is 4.74 Å². The third kappa shape index (κ3) is 4.58. The molecule has 0 aliphatic carbocycles. The molecule has 3 heteroatoms. The molecule has 2 fully saturated rings. The Hall–Kier alpha value is 0.660. The second-order valence-electron chi connectivity index (χ2n) is 4.44. The van der Waals surface area contributed by atoms with Gasteiger partial charge in [-0.2, -0.15) is 0 Å². The van der Waals surface area contributed by atoms with E-state index in [-0.39, 0.29) is 0 Å². The topological polar surface area (TPSA) is 9.23 Å². The molecule has 2 aliphatic heterocycles. The molecule has 0 spiro atoms. The molecule has 0 aromatic rings. The molecule has 0 aromatic carbocycles. The van der Waals surface area contributed by atoms with Crippen LogP contribution in [0.15, 0.2) is 0 Å². The number of hydrogen-bond donors (Lipinski definition) is 0. The summed E-state index contributed by atoms with van der Waals surface area (Å²) < 4.78 is 6.22. The zero-order valence-electron chi connectivity index (χ0n) is 9.45. The van der Waals surface area contributed by atoms with Crippen molar-refractivity contribution in [3.05, 3.63) is 0 Å². The highest BCUT2D eigenvalue weighted by atomic mass is 32.2. The predicted molar refractivity (Wildman–Crippen MR) is 70.5 cm³/mol. The Balaban J connectivity index is 1.73. The van der Waals surface area contributed by atoms with Crippen molar-refractivity contribution in [1.29, 1.82) is 0 Å². The second-order valence-corrected chi connectivity index (χ2v) is 6.97. The van der Waals surface area contributed by atoms with Gasteiger partial charge in [0.2, 0.25) is 0 Å². The standard InChI is InChI=1S/C12H22OS2/c1-3-7-11(14-9-5-1)13-12-8-4-2-6-10-15-12/h11-12H,1-10H2. The van der Waals surface area contributed by atoms with E-state index in [4.69, 9.17) is 4.74 Å². The van der Waals surface area contributed by atoms with E-state index in [0.717, 1.165) is 0 Å². The fourth-order valence-corrected chi connectivity index (χ4v) is 4.59. The first-order chi connectivity index (χ1) is 7.45. The molecule has 1 nitrogen and oxygen atoms in total. The average molecular weight is 246 g/mol. The molecule has 0 bridgehead atoms. The Kier molecular flexibility index (Phi) is 5.72. The van der Waals surface area contributed by atoms with Gasteiger partial charge in [0.1, 0.15) is 10.9 Å². The molecule has 88 valence electrons. The normalized spacial score (nSPS) is 34.4. The lowest BCUT2D eigenvalue weighted by Gasteiger charge is -2.21. The Bertz CT molecular complexity index is 141. The van der Waals surface area contributed by atoms with Crippen molar-refractivity contribution in [2.24, 2.45) is 0 Å². The highest BCUT2D eigenvalue weighted by Gasteiger charge is 2.20. The Morgan fingerprint density at radius 1 is 0.667 bits per heavy atom. The van der Waals surface area contributed by atoms with Crippen molar-refractivity contribution in [2.75, 3.05) is 11.5 Å². The van der Waals surface area contributed by atoms with Crippen LogP contribution in [-0.2, 0) is 4.74 Å². The van der Waals surface area contributed by atoms with E-state index in [9.17, 15) is 0 Å². The molecule has 2 unspecified atom stereocenters. The highest BCUT2D eigenvalue weighted by molar-refractivity contribution is 8.00. The van der Waals surface area contributed by atoms with Crippen LogP contribution in [0.1, 0.15) is 51.4 Å². The van der Waals surface area contributed by atoms with Crippen LogP contribution in [0.3, 0.4) is 0 Å². The molecule has 0 saturated carbocycles. The average Bonchev–Trinajstić information content (AvgIpc) is 2.63. The SMILES string of the molecule is C1CCSC(OC2CCCCCS2)CC1. The van der Waals surface area contributed by atoms with Crippen LogP contribution < -0.4 is 0 Å². The van der Waals surface area contributed by atoms with E-state index in [1.54, 1.807) is 0 Å². The summed E-state index contributed by atoms with van der Waals surface area (Å²) in [7, 11) is 0. The van der Waals surface area contributed by atoms with Gasteiger partial charge in [-0.1, -0.05) is 12.8 Å². The molecule has 2 aliphatic rings. The van der Waals surface area contributed by atoms with Crippen LogP contribution in [0.2, 0.25) is 0 Å². The molecule has 2 atom stereocenters. The van der Waals surface area contributed by atoms with Crippen molar-refractivity contribution >= 4 is 23.5 Å². The van der Waals surface area contributed by atoms with Gasteiger partial charge in [0.05, 0.1) is 0 Å². The monoisotopic (exact) mass is 246 g/mol. The van der Waals surface area contributed by atoms with Gasteiger partial charge >= 0.3 is 0 Å². The largest absolute Gasteiger partial charge is 0.354 e. The molecule has 2 heterocycles. The van der Waals surface area contributed by atoms with Gasteiger partial charge in [0.25, 0.3) is 0 Å². The van der Waals surface area contributed by atoms with Gasteiger partial charge in [-0.15, -0.1) is 23.5 Å². The zero-order chi connectivity index (χ0) is 10.3. The Labute approximate surface area is 102 Å². The highest BCUT2D eigenvalue weighted by Crippen LogP contribution is 2.32. The van der Waals surface area contributed by atoms with E-state index < -0.39 is 0 Å². The van der Waals surface area contributed by atoms with Gasteiger partial charge in [-0.25, -0.2) is 0 Å². The first-order valence-electron chi connectivity index (χ1n) is 6.34. The number of hydrogen-bond acceptors (Lipinski definition) is 3. The maximum Gasteiger partial charge on any atom is 0.104 e. The van der Waals surface area contributed by atoms with E-state index in [1.807, 2.05) is 23.5 Å². The minimum atomic E-state index is 0.503. The second kappa shape index (κ2) is 7.08. The minimum absolute atomic E-state index is 0.503. The summed E-state index contributed by atoms with van der Waals surface area (Å²) in [5.41, 5.74) is 1.01. The van der Waals surface area contributed by atoms with Gasteiger partial charge in [-0.3, -0.25) is 0 Å². The van der Waals surface area contributed by atoms with Crippen LogP contribution in [-0.4, -0.2) is 22.4 Å². The van der Waals surface area contributed by atoms with E-state index in [0.29, 0.717) is 10.9 Å². The van der Waals surface area contributed by atoms with Crippen molar-refractivity contribution in [2.45, 2.75) is 62.2 Å². The Morgan fingerprint density at radius 2 is 1.20 bits per heavy atom. The summed E-state index contributed by atoms with van der Waals surface area (Å²) >= 11 is 4.10. The van der Waals surface area contributed by atoms with Crippen LogP contribution in [0.5, 0.6) is 0 Å². The maximum absolute atomic E-state index is 6.22. The lowest BCUT2D eigenvalue weighted by molar-refractivity contribution is 0.0807. The smallest absolute Gasteiger partial charge is 0.104 e. The first-order valence-corrected chi connectivity index (χ1v) is 8.43. The van der Waals surface area contributed by atoms with Gasteiger partial charge in [-0.05, 0) is 50.0 Å². The summed E-state index contributed by atoms with van der Waals surface area (Å²) in [6.07, 6.45) is 10.9. The van der Waals surface area contributed by atoms with E-state index in [1.165, 1.54) is 62.9 Å². The van der Waals surface area contributed by atoms with Gasteiger partial charge in [0.15, 0.2) is 0 Å². The first kappa shape index (κ1) is 12.1. The van der Waals surface area contributed by atoms with Gasteiger partial charge in [0, 0.05) is 0 Å². The van der Waals surface area contributed by atoms with Crippen molar-refractivity contribution in [1.82, 2.24) is 0 Å². The van der Waals surface area contributed by atoms with Gasteiger partial charge < -0.3 is 4.74 Å².